The Bertz CT molecular complexity index is 1760. The fraction of sp³-hybridized carbons (Fsp3) is 0. The third kappa shape index (κ3) is 6.98. The van der Waals surface area contributed by atoms with E-state index in [9.17, 15) is 0 Å². The van der Waals surface area contributed by atoms with E-state index < -0.39 is 0 Å². The molecule has 42 heavy (non-hydrogen) atoms. The molecule has 0 unspecified atom stereocenters. The maximum atomic E-state index is 3.39. The zero-order valence-corrected chi connectivity index (χ0v) is 24.2. The molecule has 0 amide bonds. The Morgan fingerprint density at radius 1 is 0.310 bits per heavy atom. The van der Waals surface area contributed by atoms with Gasteiger partial charge in [-0.3, -0.25) is 0 Å². The van der Waals surface area contributed by atoms with E-state index in [-0.39, 0.29) is 0 Å². The highest BCUT2D eigenvalue weighted by atomic mass is 32.1. The van der Waals surface area contributed by atoms with Crippen LogP contribution in [0.4, 0.5) is 0 Å². The topological polar surface area (TPSA) is 0 Å². The average Bonchev–Trinajstić information content (AvgIpc) is 3.66. The molecule has 0 fully saturated rings. The van der Waals surface area contributed by atoms with Crippen molar-refractivity contribution in [2.45, 2.75) is 0 Å². The molecular formula is C40H22S2. The molecule has 2 heteroatoms. The first-order chi connectivity index (χ1) is 20.8. The summed E-state index contributed by atoms with van der Waals surface area (Å²) >= 11 is 3.31. The lowest BCUT2D eigenvalue weighted by Gasteiger charge is -1.89. The molecule has 0 saturated carbocycles. The first-order valence-electron chi connectivity index (χ1n) is 13.4. The van der Waals surface area contributed by atoms with Crippen molar-refractivity contribution in [1.82, 2.24) is 0 Å². The normalized spacial score (nSPS) is 9.62. The molecule has 0 nitrogen and oxygen atoms in total. The molecular weight excluding hydrogens is 545 g/mol. The summed E-state index contributed by atoms with van der Waals surface area (Å²) in [7, 11) is 0. The van der Waals surface area contributed by atoms with Crippen LogP contribution in [-0.2, 0) is 0 Å². The third-order valence-electron chi connectivity index (χ3n) is 6.13. The number of hydrogen-bond donors (Lipinski definition) is 0. The summed E-state index contributed by atoms with van der Waals surface area (Å²) in [6, 6.07) is 44.4. The van der Waals surface area contributed by atoms with E-state index in [1.807, 2.05) is 121 Å². The Labute approximate surface area is 255 Å². The molecule has 0 radical (unpaired) electrons. The van der Waals surface area contributed by atoms with Crippen molar-refractivity contribution >= 4 is 22.7 Å². The molecule has 194 valence electrons. The van der Waals surface area contributed by atoms with Crippen molar-refractivity contribution < 1.29 is 0 Å². The molecule has 6 rings (SSSR count). The van der Waals surface area contributed by atoms with Crippen LogP contribution in [0.25, 0.3) is 9.75 Å². The van der Waals surface area contributed by atoms with Gasteiger partial charge in [-0.2, -0.15) is 0 Å². The summed E-state index contributed by atoms with van der Waals surface area (Å²) in [5.74, 6) is 26.8. The Morgan fingerprint density at radius 2 is 0.595 bits per heavy atom. The van der Waals surface area contributed by atoms with E-state index in [4.69, 9.17) is 0 Å². The van der Waals surface area contributed by atoms with Gasteiger partial charge < -0.3 is 0 Å². The molecule has 0 saturated heterocycles. The predicted octanol–water partition coefficient (Wildman–Crippen LogP) is 9.08. The Kier molecular flexibility index (Phi) is 8.43. The molecule has 0 spiro atoms. The van der Waals surface area contributed by atoms with Gasteiger partial charge in [0.05, 0.1) is 20.9 Å². The van der Waals surface area contributed by atoms with Gasteiger partial charge in [0.15, 0.2) is 0 Å². The second kappa shape index (κ2) is 13.2. The zero-order chi connectivity index (χ0) is 28.4. The van der Waals surface area contributed by atoms with Crippen LogP contribution in [-0.4, -0.2) is 0 Å². The van der Waals surface area contributed by atoms with Gasteiger partial charge in [0.1, 0.15) is 0 Å². The summed E-state index contributed by atoms with van der Waals surface area (Å²) in [4.78, 5) is 4.09. The van der Waals surface area contributed by atoms with Gasteiger partial charge in [-0.05, 0) is 72.5 Å². The lowest BCUT2D eigenvalue weighted by atomic mass is 10.1. The molecule has 0 aliphatic heterocycles. The Morgan fingerprint density at radius 3 is 0.905 bits per heavy atom. The van der Waals surface area contributed by atoms with Gasteiger partial charge in [0.25, 0.3) is 0 Å². The first-order valence-corrected chi connectivity index (χ1v) is 15.0. The summed E-state index contributed by atoms with van der Waals surface area (Å²) in [5.41, 5.74) is 5.74. The largest absolute Gasteiger partial charge is 0.124 e. The van der Waals surface area contributed by atoms with Crippen molar-refractivity contribution in [1.29, 1.82) is 0 Å². The predicted molar refractivity (Wildman–Crippen MR) is 177 cm³/mol. The van der Waals surface area contributed by atoms with E-state index in [2.05, 4.69) is 59.5 Å². The number of benzene rings is 4. The van der Waals surface area contributed by atoms with Crippen molar-refractivity contribution in [3.63, 3.8) is 0 Å². The number of thiophene rings is 2. The second-order valence-corrected chi connectivity index (χ2v) is 11.3. The van der Waals surface area contributed by atoms with Crippen LogP contribution in [0.5, 0.6) is 0 Å². The fourth-order valence-corrected chi connectivity index (χ4v) is 6.03. The monoisotopic (exact) mass is 566 g/mol. The molecule has 0 bridgehead atoms. The number of rotatable bonds is 1. The highest BCUT2D eigenvalue weighted by Crippen LogP contribution is 2.37. The van der Waals surface area contributed by atoms with Crippen molar-refractivity contribution in [3.8, 4) is 57.1 Å². The molecule has 2 aromatic heterocycles. The van der Waals surface area contributed by atoms with Crippen LogP contribution < -0.4 is 0 Å². The Balaban J connectivity index is 1.43. The minimum absolute atomic E-state index is 0.921. The van der Waals surface area contributed by atoms with Gasteiger partial charge in [-0.25, -0.2) is 0 Å². The minimum Gasteiger partial charge on any atom is -0.124 e. The van der Waals surface area contributed by atoms with Crippen molar-refractivity contribution in [2.24, 2.45) is 0 Å². The molecule has 0 atom stereocenters. The molecule has 0 aliphatic carbocycles. The summed E-state index contributed by atoms with van der Waals surface area (Å²) in [6.45, 7) is 0. The average molecular weight is 567 g/mol. The van der Waals surface area contributed by atoms with Crippen LogP contribution in [0, 0.1) is 47.4 Å². The van der Waals surface area contributed by atoms with Gasteiger partial charge in [0.2, 0.25) is 0 Å². The standard InChI is InChI=1S/C40H22S2/c1-5-13-31(14-6-1)21-25-35-29-39(41-37(35)27-23-33-17-9-3-10-18-33)40-30-36(26-22-32-15-7-2-8-16-32)38(42-40)28-24-34-19-11-4-12-20-34/h1-20,29-30H. The lowest BCUT2D eigenvalue weighted by molar-refractivity contribution is 1.64. The first kappa shape index (κ1) is 26.7. The van der Waals surface area contributed by atoms with Gasteiger partial charge in [-0.1, -0.05) is 108 Å². The smallest absolute Gasteiger partial charge is 0.0935 e. The van der Waals surface area contributed by atoms with Crippen LogP contribution in [0.3, 0.4) is 0 Å². The van der Waals surface area contributed by atoms with E-state index in [1.54, 1.807) is 22.7 Å². The maximum Gasteiger partial charge on any atom is 0.0935 e. The van der Waals surface area contributed by atoms with Crippen molar-refractivity contribution in [2.75, 3.05) is 0 Å². The highest BCUT2D eigenvalue weighted by molar-refractivity contribution is 7.22. The maximum absolute atomic E-state index is 3.39. The van der Waals surface area contributed by atoms with Crippen LogP contribution in [0.15, 0.2) is 133 Å². The van der Waals surface area contributed by atoms with Crippen molar-refractivity contribution in [3.05, 3.63) is 177 Å². The molecule has 2 heterocycles. The van der Waals surface area contributed by atoms with Crippen LogP contribution in [0.2, 0.25) is 0 Å². The SMILES string of the molecule is C(#Cc1cc(-c2cc(C#Cc3ccccc3)c(C#Cc3ccccc3)s2)sc1C#Cc1ccccc1)c1ccccc1. The Hall–Kier alpha value is -5.48. The quantitative estimate of drug-likeness (QED) is 0.174. The van der Waals surface area contributed by atoms with E-state index in [0.29, 0.717) is 0 Å². The second-order valence-electron chi connectivity index (χ2n) is 9.17. The minimum atomic E-state index is 0.921. The molecule has 6 aromatic rings. The summed E-state index contributed by atoms with van der Waals surface area (Å²) < 4.78 is 0. The van der Waals surface area contributed by atoms with Crippen LogP contribution in [0.1, 0.15) is 43.1 Å². The zero-order valence-electron chi connectivity index (χ0n) is 22.5. The summed E-state index contributed by atoms with van der Waals surface area (Å²) in [5, 5.41) is 0. The van der Waals surface area contributed by atoms with Gasteiger partial charge >= 0.3 is 0 Å². The van der Waals surface area contributed by atoms with E-state index in [0.717, 1.165) is 52.9 Å². The highest BCUT2D eigenvalue weighted by Gasteiger charge is 2.13. The molecule has 0 aliphatic rings. The molecule has 4 aromatic carbocycles. The fourth-order valence-electron chi connectivity index (χ4n) is 4.02. The third-order valence-corrected chi connectivity index (χ3v) is 8.42. The van der Waals surface area contributed by atoms with Gasteiger partial charge in [-0.15, -0.1) is 22.7 Å². The number of hydrogen-bond acceptors (Lipinski definition) is 2. The lowest BCUT2D eigenvalue weighted by Crippen LogP contribution is -1.77. The molecule has 0 N–H and O–H groups in total. The van der Waals surface area contributed by atoms with Gasteiger partial charge in [0, 0.05) is 32.0 Å². The summed E-state index contributed by atoms with van der Waals surface area (Å²) in [6.07, 6.45) is 0. The van der Waals surface area contributed by atoms with E-state index in [1.165, 1.54) is 0 Å². The van der Waals surface area contributed by atoms with E-state index >= 15 is 0 Å². The van der Waals surface area contributed by atoms with Crippen LogP contribution >= 0.6 is 22.7 Å².